The van der Waals surface area contributed by atoms with E-state index in [2.05, 4.69) is 20.7 Å². The summed E-state index contributed by atoms with van der Waals surface area (Å²) in [4.78, 5) is 0. The van der Waals surface area contributed by atoms with Gasteiger partial charge in [-0.15, -0.1) is 13.2 Å². The molecule has 0 amide bonds. The van der Waals surface area contributed by atoms with Gasteiger partial charge < -0.3 is 4.74 Å². The summed E-state index contributed by atoms with van der Waals surface area (Å²) < 4.78 is 40.4. The zero-order chi connectivity index (χ0) is 15.1. The van der Waals surface area contributed by atoms with E-state index in [0.717, 1.165) is 29.2 Å². The minimum absolute atomic E-state index is 0.146. The highest BCUT2D eigenvalue weighted by atomic mass is 79.9. The van der Waals surface area contributed by atoms with E-state index in [1.807, 2.05) is 0 Å². The van der Waals surface area contributed by atoms with Gasteiger partial charge in [-0.05, 0) is 60.6 Å². The van der Waals surface area contributed by atoms with E-state index in [9.17, 15) is 13.2 Å². The Morgan fingerprint density at radius 1 is 1.19 bits per heavy atom. The highest BCUT2D eigenvalue weighted by molar-refractivity contribution is 9.09. The van der Waals surface area contributed by atoms with Crippen molar-refractivity contribution in [3.05, 3.63) is 29.8 Å². The topological polar surface area (TPSA) is 9.23 Å². The molecule has 0 radical (unpaired) electrons. The van der Waals surface area contributed by atoms with Crippen LogP contribution in [0.2, 0.25) is 0 Å². The van der Waals surface area contributed by atoms with Gasteiger partial charge in [0.1, 0.15) is 5.75 Å². The zero-order valence-electron chi connectivity index (χ0n) is 11.6. The third kappa shape index (κ3) is 3.22. The third-order valence-corrected chi connectivity index (χ3v) is 6.20. The van der Waals surface area contributed by atoms with Crippen LogP contribution in [0.1, 0.15) is 31.2 Å². The summed E-state index contributed by atoms with van der Waals surface area (Å²) in [6, 6.07) is 6.35. The Morgan fingerprint density at radius 3 is 2.38 bits per heavy atom. The molecule has 1 aromatic rings. The van der Waals surface area contributed by atoms with E-state index in [1.54, 1.807) is 12.1 Å². The quantitative estimate of drug-likeness (QED) is 0.657. The molecule has 2 aliphatic carbocycles. The fraction of sp³-hybridized carbons (Fsp3) is 0.625. The largest absolute Gasteiger partial charge is 0.573 e. The van der Waals surface area contributed by atoms with Crippen LogP contribution in [-0.4, -0.2) is 11.7 Å². The van der Waals surface area contributed by atoms with Crippen LogP contribution >= 0.6 is 15.9 Å². The minimum atomic E-state index is -4.62. The van der Waals surface area contributed by atoms with E-state index in [1.165, 1.54) is 37.8 Å². The molecule has 0 saturated heterocycles. The van der Waals surface area contributed by atoms with Crippen LogP contribution in [0.3, 0.4) is 0 Å². The summed E-state index contributed by atoms with van der Waals surface area (Å²) in [6.07, 6.45) is 1.52. The molecular formula is C16H18BrF3O. The molecule has 1 aromatic carbocycles. The molecule has 2 aliphatic rings. The minimum Gasteiger partial charge on any atom is -0.406 e. The van der Waals surface area contributed by atoms with Crippen LogP contribution in [0.5, 0.6) is 5.75 Å². The average Bonchev–Trinajstić information content (AvgIpc) is 3.00. The van der Waals surface area contributed by atoms with Crippen LogP contribution in [0.25, 0.3) is 0 Å². The summed E-state index contributed by atoms with van der Waals surface area (Å²) in [5, 5.41) is 0.974. The maximum absolute atomic E-state index is 12.2. The molecule has 2 fully saturated rings. The van der Waals surface area contributed by atoms with Crippen LogP contribution in [0.15, 0.2) is 24.3 Å². The van der Waals surface area contributed by atoms with Crippen LogP contribution < -0.4 is 4.74 Å². The van der Waals surface area contributed by atoms with E-state index >= 15 is 0 Å². The Bertz CT molecular complexity index is 499. The predicted molar refractivity (Wildman–Crippen MR) is 78.5 cm³/mol. The lowest BCUT2D eigenvalue weighted by molar-refractivity contribution is -0.274. The lowest BCUT2D eigenvalue weighted by Gasteiger charge is -2.36. The second-order valence-corrected chi connectivity index (χ2v) is 7.01. The van der Waals surface area contributed by atoms with Crippen molar-refractivity contribution in [3.8, 4) is 5.75 Å². The fourth-order valence-corrected chi connectivity index (χ4v) is 5.09. The van der Waals surface area contributed by atoms with Crippen molar-refractivity contribution in [3.63, 3.8) is 0 Å². The first kappa shape index (κ1) is 15.2. The second kappa shape index (κ2) is 5.49. The third-order valence-electron chi connectivity index (χ3n) is 5.08. The number of halogens is 4. The van der Waals surface area contributed by atoms with Crippen LogP contribution in [0, 0.1) is 17.3 Å². The molecule has 3 rings (SSSR count). The van der Waals surface area contributed by atoms with Crippen molar-refractivity contribution in [1.29, 1.82) is 0 Å². The van der Waals surface area contributed by atoms with Gasteiger partial charge in [-0.25, -0.2) is 0 Å². The van der Waals surface area contributed by atoms with Crippen molar-refractivity contribution in [2.45, 2.75) is 38.5 Å². The molecule has 116 valence electrons. The first-order valence-corrected chi connectivity index (χ1v) is 8.43. The van der Waals surface area contributed by atoms with Gasteiger partial charge in [-0.1, -0.05) is 34.5 Å². The lowest BCUT2D eigenvalue weighted by Crippen LogP contribution is -2.32. The molecule has 5 heteroatoms. The molecule has 2 saturated carbocycles. The van der Waals surface area contributed by atoms with E-state index < -0.39 is 6.36 Å². The van der Waals surface area contributed by atoms with Gasteiger partial charge in [0.05, 0.1) is 0 Å². The summed E-state index contributed by atoms with van der Waals surface area (Å²) in [7, 11) is 0. The number of benzene rings is 1. The Hall–Kier alpha value is -0.710. The fourth-order valence-electron chi connectivity index (χ4n) is 4.20. The first-order chi connectivity index (χ1) is 9.90. The molecular weight excluding hydrogens is 345 g/mol. The molecule has 0 aromatic heterocycles. The monoisotopic (exact) mass is 362 g/mol. The van der Waals surface area contributed by atoms with Crippen molar-refractivity contribution >= 4 is 15.9 Å². The Kier molecular flexibility index (Phi) is 3.97. The van der Waals surface area contributed by atoms with Gasteiger partial charge in [0.25, 0.3) is 0 Å². The number of hydrogen-bond donors (Lipinski definition) is 0. The van der Waals surface area contributed by atoms with E-state index in [4.69, 9.17) is 0 Å². The van der Waals surface area contributed by atoms with Crippen molar-refractivity contribution < 1.29 is 17.9 Å². The predicted octanol–water partition coefficient (Wildman–Crippen LogP) is 5.33. The van der Waals surface area contributed by atoms with E-state index in [0.29, 0.717) is 0 Å². The van der Waals surface area contributed by atoms with Crippen molar-refractivity contribution in [2.24, 2.45) is 17.3 Å². The molecule has 3 unspecified atom stereocenters. The van der Waals surface area contributed by atoms with Crippen LogP contribution in [-0.2, 0) is 6.42 Å². The molecule has 3 atom stereocenters. The highest BCUT2D eigenvalue weighted by Gasteiger charge is 2.49. The molecule has 0 spiro atoms. The van der Waals surface area contributed by atoms with E-state index in [-0.39, 0.29) is 11.2 Å². The summed E-state index contributed by atoms with van der Waals surface area (Å²) in [5.74, 6) is 1.46. The normalized spacial score (nSPS) is 31.6. The summed E-state index contributed by atoms with van der Waals surface area (Å²) in [5.41, 5.74) is 1.38. The van der Waals surface area contributed by atoms with Gasteiger partial charge in [-0.2, -0.15) is 0 Å². The first-order valence-electron chi connectivity index (χ1n) is 7.31. The second-order valence-electron chi connectivity index (χ2n) is 6.44. The maximum atomic E-state index is 12.2. The molecule has 21 heavy (non-hydrogen) atoms. The average molecular weight is 363 g/mol. The number of alkyl halides is 4. The van der Waals surface area contributed by atoms with Gasteiger partial charge in [0.15, 0.2) is 0 Å². The van der Waals surface area contributed by atoms with Gasteiger partial charge in [0.2, 0.25) is 0 Å². The summed E-state index contributed by atoms with van der Waals surface area (Å²) >= 11 is 3.67. The Balaban J connectivity index is 1.70. The SMILES string of the molecule is FC(F)(F)Oc1ccc(CC2(CBr)CC3CCC2C3)cc1. The van der Waals surface area contributed by atoms with Gasteiger partial charge >= 0.3 is 6.36 Å². The molecule has 0 aliphatic heterocycles. The van der Waals surface area contributed by atoms with Crippen LogP contribution in [0.4, 0.5) is 13.2 Å². The van der Waals surface area contributed by atoms with Crippen molar-refractivity contribution in [2.75, 3.05) is 5.33 Å². The lowest BCUT2D eigenvalue weighted by atomic mass is 9.71. The Morgan fingerprint density at radius 2 is 1.90 bits per heavy atom. The smallest absolute Gasteiger partial charge is 0.406 e. The maximum Gasteiger partial charge on any atom is 0.573 e. The zero-order valence-corrected chi connectivity index (χ0v) is 13.2. The van der Waals surface area contributed by atoms with Gasteiger partial charge in [0, 0.05) is 5.33 Å². The number of hydrogen-bond acceptors (Lipinski definition) is 1. The Labute approximate surface area is 131 Å². The standard InChI is InChI=1S/C16H18BrF3O/c17-10-15(9-12-1-4-13(15)7-12)8-11-2-5-14(6-3-11)21-16(18,19)20/h2-3,5-6,12-13H,1,4,7-10H2. The number of fused-ring (bicyclic) bond motifs is 2. The highest BCUT2D eigenvalue weighted by Crippen LogP contribution is 2.58. The number of rotatable bonds is 4. The summed E-state index contributed by atoms with van der Waals surface area (Å²) in [6.45, 7) is 0. The molecule has 2 bridgehead atoms. The molecule has 1 nitrogen and oxygen atoms in total. The molecule has 0 heterocycles. The van der Waals surface area contributed by atoms with Crippen molar-refractivity contribution in [1.82, 2.24) is 0 Å². The number of ether oxygens (including phenoxy) is 1. The molecule has 0 N–H and O–H groups in total. The van der Waals surface area contributed by atoms with Gasteiger partial charge in [-0.3, -0.25) is 0 Å².